The topological polar surface area (TPSA) is 6.48 Å². The first-order valence-electron chi connectivity index (χ1n) is 5.25. The molecule has 1 aromatic rings. The van der Waals surface area contributed by atoms with Crippen molar-refractivity contribution in [3.63, 3.8) is 0 Å². The minimum absolute atomic E-state index is 0.189. The van der Waals surface area contributed by atoms with E-state index in [1.165, 1.54) is 6.07 Å². The molecule has 0 unspecified atom stereocenters. The number of rotatable bonds is 5. The molecular formula is C12H18BrFN2. The summed E-state index contributed by atoms with van der Waals surface area (Å²) in [5.41, 5.74) is 0.994. The van der Waals surface area contributed by atoms with Crippen molar-refractivity contribution in [1.82, 2.24) is 9.80 Å². The van der Waals surface area contributed by atoms with Crippen LogP contribution in [-0.2, 0) is 6.54 Å². The molecule has 0 saturated heterocycles. The van der Waals surface area contributed by atoms with Gasteiger partial charge in [-0.3, -0.25) is 0 Å². The summed E-state index contributed by atoms with van der Waals surface area (Å²) in [7, 11) is 6.14. The Balaban J connectivity index is 2.52. The lowest BCUT2D eigenvalue weighted by atomic mass is 10.2. The summed E-state index contributed by atoms with van der Waals surface area (Å²) < 4.78 is 13.9. The zero-order valence-corrected chi connectivity index (χ0v) is 11.6. The highest BCUT2D eigenvalue weighted by Gasteiger charge is 2.03. The normalized spacial score (nSPS) is 11.4. The number of nitrogens with zero attached hydrogens (tertiary/aromatic N) is 2. The summed E-state index contributed by atoms with van der Waals surface area (Å²) >= 11 is 3.30. The molecular weight excluding hydrogens is 271 g/mol. The van der Waals surface area contributed by atoms with Crippen LogP contribution in [0.2, 0.25) is 0 Å². The van der Waals surface area contributed by atoms with Crippen LogP contribution in [0.5, 0.6) is 0 Å². The summed E-state index contributed by atoms with van der Waals surface area (Å²) in [6.07, 6.45) is 0. The van der Waals surface area contributed by atoms with Gasteiger partial charge in [-0.1, -0.05) is 15.9 Å². The molecule has 0 aromatic heterocycles. The van der Waals surface area contributed by atoms with Gasteiger partial charge in [-0.2, -0.15) is 0 Å². The third-order valence-corrected chi connectivity index (χ3v) is 2.76. The standard InChI is InChI=1S/C12H18BrFN2/c1-15(2)4-5-16(3)9-10-6-11(13)8-12(14)7-10/h6-8H,4-5,9H2,1-3H3. The van der Waals surface area contributed by atoms with Crippen LogP contribution in [0.1, 0.15) is 5.56 Å². The molecule has 0 spiro atoms. The minimum Gasteiger partial charge on any atom is -0.308 e. The molecule has 90 valence electrons. The van der Waals surface area contributed by atoms with Crippen LogP contribution in [0.4, 0.5) is 4.39 Å². The third-order valence-electron chi connectivity index (χ3n) is 2.30. The van der Waals surface area contributed by atoms with Gasteiger partial charge in [0.1, 0.15) is 5.82 Å². The van der Waals surface area contributed by atoms with E-state index in [1.54, 1.807) is 6.07 Å². The predicted molar refractivity (Wildman–Crippen MR) is 69.0 cm³/mol. The SMILES string of the molecule is CN(C)CCN(C)Cc1cc(F)cc(Br)c1. The van der Waals surface area contributed by atoms with Crippen LogP contribution in [0.3, 0.4) is 0 Å². The van der Waals surface area contributed by atoms with Crippen LogP contribution in [0, 0.1) is 5.82 Å². The number of hydrogen-bond acceptors (Lipinski definition) is 2. The second kappa shape index (κ2) is 6.33. The predicted octanol–water partition coefficient (Wildman–Crippen LogP) is 2.58. The van der Waals surface area contributed by atoms with Crippen molar-refractivity contribution in [2.75, 3.05) is 34.2 Å². The minimum atomic E-state index is -0.189. The Hall–Kier alpha value is -0.450. The Morgan fingerprint density at radius 1 is 1.12 bits per heavy atom. The van der Waals surface area contributed by atoms with Gasteiger partial charge >= 0.3 is 0 Å². The third kappa shape index (κ3) is 5.05. The van der Waals surface area contributed by atoms with Crippen LogP contribution in [0.15, 0.2) is 22.7 Å². The van der Waals surface area contributed by atoms with Crippen molar-refractivity contribution in [2.45, 2.75) is 6.54 Å². The maximum atomic E-state index is 13.1. The fraction of sp³-hybridized carbons (Fsp3) is 0.500. The molecule has 0 atom stereocenters. The van der Waals surface area contributed by atoms with Gasteiger partial charge in [0.05, 0.1) is 0 Å². The molecule has 16 heavy (non-hydrogen) atoms. The van der Waals surface area contributed by atoms with E-state index >= 15 is 0 Å². The van der Waals surface area contributed by atoms with Crippen molar-refractivity contribution < 1.29 is 4.39 Å². The molecule has 2 nitrogen and oxygen atoms in total. The first kappa shape index (κ1) is 13.6. The zero-order chi connectivity index (χ0) is 12.1. The fourth-order valence-electron chi connectivity index (χ4n) is 1.46. The quantitative estimate of drug-likeness (QED) is 0.822. The van der Waals surface area contributed by atoms with Crippen molar-refractivity contribution in [2.24, 2.45) is 0 Å². The summed E-state index contributed by atoms with van der Waals surface area (Å²) in [5, 5.41) is 0. The van der Waals surface area contributed by atoms with Gasteiger partial charge in [-0.25, -0.2) is 4.39 Å². The zero-order valence-electron chi connectivity index (χ0n) is 10.0. The molecule has 0 radical (unpaired) electrons. The molecule has 0 heterocycles. The van der Waals surface area contributed by atoms with Crippen molar-refractivity contribution in [1.29, 1.82) is 0 Å². The maximum Gasteiger partial charge on any atom is 0.124 e. The second-order valence-corrected chi connectivity index (χ2v) is 5.23. The maximum absolute atomic E-state index is 13.1. The molecule has 0 amide bonds. The molecule has 1 rings (SSSR count). The van der Waals surface area contributed by atoms with Crippen LogP contribution >= 0.6 is 15.9 Å². The van der Waals surface area contributed by atoms with E-state index in [9.17, 15) is 4.39 Å². The summed E-state index contributed by atoms with van der Waals surface area (Å²) in [5.74, 6) is -0.189. The van der Waals surface area contributed by atoms with Crippen LogP contribution in [0.25, 0.3) is 0 Å². The van der Waals surface area contributed by atoms with E-state index in [4.69, 9.17) is 0 Å². The fourth-order valence-corrected chi connectivity index (χ4v) is 1.98. The molecule has 0 aliphatic rings. The highest BCUT2D eigenvalue weighted by atomic mass is 79.9. The first-order valence-corrected chi connectivity index (χ1v) is 6.05. The van der Waals surface area contributed by atoms with Crippen molar-refractivity contribution in [3.8, 4) is 0 Å². The lowest BCUT2D eigenvalue weighted by Crippen LogP contribution is -2.28. The van der Waals surface area contributed by atoms with Gasteiger partial charge in [0.2, 0.25) is 0 Å². The smallest absolute Gasteiger partial charge is 0.124 e. The summed E-state index contributed by atoms with van der Waals surface area (Å²) in [6, 6.07) is 5.01. The van der Waals surface area contributed by atoms with Gasteiger partial charge in [-0.05, 0) is 44.9 Å². The Bertz CT molecular complexity index is 322. The molecule has 0 aliphatic heterocycles. The number of likely N-dealkylation sites (N-methyl/N-ethyl adjacent to an activating group) is 2. The van der Waals surface area contributed by atoms with E-state index in [1.807, 2.05) is 27.2 Å². The molecule has 0 N–H and O–H groups in total. The van der Waals surface area contributed by atoms with Crippen LogP contribution in [-0.4, -0.2) is 44.0 Å². The molecule has 0 bridgehead atoms. The van der Waals surface area contributed by atoms with Gasteiger partial charge < -0.3 is 9.80 Å². The van der Waals surface area contributed by atoms with Crippen molar-refractivity contribution in [3.05, 3.63) is 34.1 Å². The lowest BCUT2D eigenvalue weighted by molar-refractivity contribution is 0.276. The highest BCUT2D eigenvalue weighted by Crippen LogP contribution is 2.15. The second-order valence-electron chi connectivity index (χ2n) is 4.32. The summed E-state index contributed by atoms with van der Waals surface area (Å²) in [4.78, 5) is 4.32. The van der Waals surface area contributed by atoms with Gasteiger partial charge in [0.25, 0.3) is 0 Å². The lowest BCUT2D eigenvalue weighted by Gasteiger charge is -2.19. The van der Waals surface area contributed by atoms with E-state index < -0.39 is 0 Å². The highest BCUT2D eigenvalue weighted by molar-refractivity contribution is 9.10. The number of hydrogen-bond donors (Lipinski definition) is 0. The molecule has 0 saturated carbocycles. The van der Waals surface area contributed by atoms with E-state index in [-0.39, 0.29) is 5.82 Å². The van der Waals surface area contributed by atoms with Gasteiger partial charge in [0.15, 0.2) is 0 Å². The largest absolute Gasteiger partial charge is 0.308 e. The molecule has 0 aliphatic carbocycles. The Kier molecular flexibility index (Phi) is 5.38. The first-order chi connectivity index (χ1) is 7.47. The van der Waals surface area contributed by atoms with Crippen LogP contribution < -0.4 is 0 Å². The average molecular weight is 289 g/mol. The van der Waals surface area contributed by atoms with Crippen molar-refractivity contribution >= 4 is 15.9 Å². The molecule has 1 aromatic carbocycles. The number of halogens is 2. The Labute approximate surface area is 105 Å². The molecule has 0 fully saturated rings. The van der Waals surface area contributed by atoms with Gasteiger partial charge in [0, 0.05) is 24.1 Å². The Morgan fingerprint density at radius 3 is 2.38 bits per heavy atom. The van der Waals surface area contributed by atoms with E-state index in [2.05, 4.69) is 25.7 Å². The Morgan fingerprint density at radius 2 is 1.81 bits per heavy atom. The number of benzene rings is 1. The summed E-state index contributed by atoms with van der Waals surface area (Å²) in [6.45, 7) is 2.75. The van der Waals surface area contributed by atoms with E-state index in [0.717, 1.165) is 29.7 Å². The molecule has 4 heteroatoms. The van der Waals surface area contributed by atoms with Gasteiger partial charge in [-0.15, -0.1) is 0 Å². The van der Waals surface area contributed by atoms with E-state index in [0.29, 0.717) is 0 Å². The monoisotopic (exact) mass is 288 g/mol. The average Bonchev–Trinajstić information content (AvgIpc) is 2.12.